The number of allylic oxidation sites excluding steroid dienone is 1. The van der Waals surface area contributed by atoms with Gasteiger partial charge in [0.25, 0.3) is 5.56 Å². The second-order valence-electron chi connectivity index (χ2n) is 18.6. The molecule has 3 aromatic rings. The number of fused-ring (bicyclic) bond motifs is 1. The first kappa shape index (κ1) is 55.6. The molecule has 1 aromatic heterocycles. The summed E-state index contributed by atoms with van der Waals surface area (Å²) in [6.07, 6.45) is 31.5. The Kier molecular flexibility index (Phi) is 26.1. The first-order valence-corrected chi connectivity index (χ1v) is 26.5. The van der Waals surface area contributed by atoms with E-state index in [-0.39, 0.29) is 11.3 Å². The van der Waals surface area contributed by atoms with Gasteiger partial charge in [-0.3, -0.25) is 23.7 Å². The zero-order valence-electron chi connectivity index (χ0n) is 42.8. The van der Waals surface area contributed by atoms with Crippen LogP contribution < -0.4 is 35.5 Å². The lowest BCUT2D eigenvalue weighted by molar-refractivity contribution is 0.102. The maximum absolute atomic E-state index is 14.4. The van der Waals surface area contributed by atoms with Gasteiger partial charge in [-0.15, -0.1) is 0 Å². The lowest BCUT2D eigenvalue weighted by Gasteiger charge is -2.22. The SMILES string of the molecule is CCCCCCCCOc1cc2c(cc1OCCCCCCCC)C(=O)/C(=C/Nc1cc(OCCCCCCCC)c(OCCCCCCCC)cc1N=Cc1c(O)n(C)c(=O)n(C)c1=O)CC2. The van der Waals surface area contributed by atoms with Gasteiger partial charge < -0.3 is 29.4 Å². The number of hydrogen-bond donors (Lipinski definition) is 2. The molecule has 4 rings (SSSR count). The average molecular weight is 943 g/mol. The van der Waals surface area contributed by atoms with Crippen molar-refractivity contribution in [2.45, 2.75) is 195 Å². The van der Waals surface area contributed by atoms with Gasteiger partial charge >= 0.3 is 5.69 Å². The number of carbonyl (C=O) groups is 1. The summed E-state index contributed by atoms with van der Waals surface area (Å²) in [7, 11) is 2.76. The van der Waals surface area contributed by atoms with Crippen LogP contribution in [0, 0.1) is 0 Å². The van der Waals surface area contributed by atoms with Gasteiger partial charge in [0.1, 0.15) is 5.56 Å². The van der Waals surface area contributed by atoms with Crippen LogP contribution in [0.25, 0.3) is 0 Å². The molecule has 1 heterocycles. The third kappa shape index (κ3) is 18.1. The van der Waals surface area contributed by atoms with Crippen LogP contribution in [-0.2, 0) is 20.5 Å². The smallest absolute Gasteiger partial charge is 0.333 e. The number of aromatic hydroxyl groups is 1. The highest BCUT2D eigenvalue weighted by atomic mass is 16.5. The van der Waals surface area contributed by atoms with Crippen molar-refractivity contribution >= 4 is 23.4 Å². The molecule has 0 saturated carbocycles. The Bertz CT molecular complexity index is 2160. The van der Waals surface area contributed by atoms with Crippen LogP contribution in [0.15, 0.2) is 50.6 Å². The first-order chi connectivity index (χ1) is 33.1. The number of carbonyl (C=O) groups excluding carboxylic acids is 1. The topological polar surface area (TPSA) is 143 Å². The van der Waals surface area contributed by atoms with Gasteiger partial charge in [-0.25, -0.2) is 4.79 Å². The molecule has 0 bridgehead atoms. The van der Waals surface area contributed by atoms with E-state index in [0.29, 0.717) is 84.8 Å². The number of aliphatic imine (C=N–C) groups is 1. The summed E-state index contributed by atoms with van der Waals surface area (Å²) < 4.78 is 27.5. The normalized spacial score (nSPS) is 13.1. The largest absolute Gasteiger partial charge is 0.494 e. The van der Waals surface area contributed by atoms with E-state index >= 15 is 0 Å². The Morgan fingerprint density at radius 1 is 0.559 bits per heavy atom. The van der Waals surface area contributed by atoms with Gasteiger partial charge in [0, 0.05) is 49.8 Å². The van der Waals surface area contributed by atoms with Crippen LogP contribution in [0.4, 0.5) is 11.4 Å². The van der Waals surface area contributed by atoms with Crippen LogP contribution in [0.5, 0.6) is 28.9 Å². The third-order valence-corrected chi connectivity index (χ3v) is 12.9. The van der Waals surface area contributed by atoms with Crippen molar-refractivity contribution in [3.05, 3.63) is 73.6 Å². The molecule has 0 fully saturated rings. The molecule has 68 heavy (non-hydrogen) atoms. The van der Waals surface area contributed by atoms with Crippen LogP contribution in [-0.4, -0.2) is 52.7 Å². The summed E-state index contributed by atoms with van der Waals surface area (Å²) in [5.41, 5.74) is 1.58. The number of hydrogen-bond acceptors (Lipinski definition) is 10. The predicted molar refractivity (Wildman–Crippen MR) is 279 cm³/mol. The molecule has 0 radical (unpaired) electrons. The number of unbranched alkanes of at least 4 members (excludes halogenated alkanes) is 20. The predicted octanol–water partition coefficient (Wildman–Crippen LogP) is 13.6. The van der Waals surface area contributed by atoms with E-state index in [2.05, 4.69) is 33.0 Å². The third-order valence-electron chi connectivity index (χ3n) is 12.9. The van der Waals surface area contributed by atoms with E-state index in [1.165, 1.54) is 110 Å². The van der Waals surface area contributed by atoms with Crippen molar-refractivity contribution in [1.29, 1.82) is 0 Å². The summed E-state index contributed by atoms with van der Waals surface area (Å²) in [6.45, 7) is 11.0. The molecule has 0 atom stereocenters. The van der Waals surface area contributed by atoms with E-state index in [4.69, 9.17) is 23.9 Å². The molecule has 0 unspecified atom stereocenters. The van der Waals surface area contributed by atoms with Crippen molar-refractivity contribution in [2.24, 2.45) is 19.1 Å². The Balaban J connectivity index is 1.66. The quantitative estimate of drug-likeness (QED) is 0.0331. The minimum atomic E-state index is -0.679. The zero-order chi connectivity index (χ0) is 48.9. The molecule has 0 aliphatic heterocycles. The number of ether oxygens (including phenoxy) is 4. The monoisotopic (exact) mass is 943 g/mol. The summed E-state index contributed by atoms with van der Waals surface area (Å²) in [4.78, 5) is 44.8. The van der Waals surface area contributed by atoms with Crippen LogP contribution in [0.1, 0.15) is 210 Å². The summed E-state index contributed by atoms with van der Waals surface area (Å²) in [6, 6.07) is 7.48. The van der Waals surface area contributed by atoms with Gasteiger partial charge in [0.2, 0.25) is 5.88 Å². The van der Waals surface area contributed by atoms with Crippen LogP contribution >= 0.6 is 0 Å². The fourth-order valence-corrected chi connectivity index (χ4v) is 8.47. The molecule has 12 heteroatoms. The van der Waals surface area contributed by atoms with E-state index < -0.39 is 17.1 Å². The summed E-state index contributed by atoms with van der Waals surface area (Å²) in [5.74, 6) is 1.79. The van der Waals surface area contributed by atoms with Gasteiger partial charge in [-0.2, -0.15) is 0 Å². The molecule has 1 aliphatic rings. The summed E-state index contributed by atoms with van der Waals surface area (Å²) >= 11 is 0. The molecular weight excluding hydrogens is 857 g/mol. The number of anilines is 1. The number of nitrogens with zero attached hydrogens (tertiary/aromatic N) is 3. The minimum absolute atomic E-state index is 0.0900. The fourth-order valence-electron chi connectivity index (χ4n) is 8.47. The highest BCUT2D eigenvalue weighted by Crippen LogP contribution is 2.40. The van der Waals surface area contributed by atoms with Gasteiger partial charge in [0.05, 0.1) is 37.8 Å². The Labute approximate surface area is 407 Å². The van der Waals surface area contributed by atoms with Crippen LogP contribution in [0.2, 0.25) is 0 Å². The second-order valence-corrected chi connectivity index (χ2v) is 18.6. The number of benzene rings is 2. The van der Waals surface area contributed by atoms with Gasteiger partial charge in [0.15, 0.2) is 28.8 Å². The number of aromatic nitrogens is 2. The van der Waals surface area contributed by atoms with E-state index in [1.807, 2.05) is 18.2 Å². The zero-order valence-corrected chi connectivity index (χ0v) is 42.8. The van der Waals surface area contributed by atoms with Crippen molar-refractivity contribution in [3.8, 4) is 28.9 Å². The lowest BCUT2D eigenvalue weighted by Crippen LogP contribution is -2.38. The number of ketones is 1. The first-order valence-electron chi connectivity index (χ1n) is 26.5. The molecular formula is C56H86N4O8. The van der Waals surface area contributed by atoms with Crippen molar-refractivity contribution in [2.75, 3.05) is 31.7 Å². The summed E-state index contributed by atoms with van der Waals surface area (Å²) in [5, 5.41) is 14.3. The highest BCUT2D eigenvalue weighted by Gasteiger charge is 2.26. The maximum Gasteiger partial charge on any atom is 0.333 e. The minimum Gasteiger partial charge on any atom is -0.494 e. The van der Waals surface area contributed by atoms with E-state index in [9.17, 15) is 19.5 Å². The van der Waals surface area contributed by atoms with E-state index in [1.54, 1.807) is 12.3 Å². The number of Topliss-reactive ketones (excluding diaryl/α,β-unsaturated/α-hetero) is 1. The van der Waals surface area contributed by atoms with Crippen molar-refractivity contribution < 1.29 is 28.8 Å². The molecule has 1 aliphatic carbocycles. The molecule has 2 aromatic carbocycles. The second kappa shape index (κ2) is 31.9. The molecule has 0 spiro atoms. The highest BCUT2D eigenvalue weighted by molar-refractivity contribution is 6.11. The Morgan fingerprint density at radius 2 is 0.985 bits per heavy atom. The van der Waals surface area contributed by atoms with Crippen molar-refractivity contribution in [1.82, 2.24) is 9.13 Å². The number of nitrogens with one attached hydrogen (secondary N) is 1. The van der Waals surface area contributed by atoms with Crippen LogP contribution in [0.3, 0.4) is 0 Å². The molecule has 378 valence electrons. The molecule has 12 nitrogen and oxygen atoms in total. The van der Waals surface area contributed by atoms with Crippen molar-refractivity contribution in [3.63, 3.8) is 0 Å². The molecule has 0 amide bonds. The molecule has 0 saturated heterocycles. The fraction of sp³-hybridized carbons (Fsp3) is 0.643. The number of rotatable bonds is 36. The Morgan fingerprint density at radius 3 is 1.47 bits per heavy atom. The number of aryl methyl sites for hydroxylation is 1. The van der Waals surface area contributed by atoms with E-state index in [0.717, 1.165) is 78.9 Å². The molecule has 2 N–H and O–H groups in total. The van der Waals surface area contributed by atoms with Gasteiger partial charge in [-0.05, 0) is 56.2 Å². The average Bonchev–Trinajstić information content (AvgIpc) is 3.34. The Hall–Kier alpha value is -5.00. The van der Waals surface area contributed by atoms with Gasteiger partial charge in [-0.1, -0.05) is 156 Å². The lowest BCUT2D eigenvalue weighted by atomic mass is 9.87. The standard InChI is InChI=1S/C56H86N4O8/c1-7-11-15-19-23-27-33-65-49-37-43-31-32-44(53(61)45(43)38-50(49)66-34-28-24-20-16-12-8-2)41-57-47-39-51(67-35-29-25-21-17-13-9-3)52(68-36-30-26-22-18-14-10-4)40-48(47)58-42-46-54(62)59(5)56(64)60(6)55(46)63/h37-42,57,62H,7-36H2,1-6H3/b44-41+,58-42?. The maximum atomic E-state index is 14.4.